The van der Waals surface area contributed by atoms with Crippen LogP contribution in [0.4, 0.5) is 0 Å². The minimum absolute atomic E-state index is 0.0461. The standard InChI is InChI=1S/C14H22O5/c1-2-18-13(16)14(10-17-9-6-12(14)15)7-5-11-4-3-8-19-11/h11H,2-10H2,1H3. The molecule has 2 saturated heterocycles. The second-order valence-electron chi connectivity index (χ2n) is 5.20. The number of hydrogen-bond donors (Lipinski definition) is 0. The lowest BCUT2D eigenvalue weighted by molar-refractivity contribution is -0.170. The van der Waals surface area contributed by atoms with Crippen LogP contribution in [0.25, 0.3) is 0 Å². The Labute approximate surface area is 113 Å². The molecule has 2 aliphatic heterocycles. The van der Waals surface area contributed by atoms with E-state index >= 15 is 0 Å². The third-order valence-electron chi connectivity index (χ3n) is 3.94. The van der Waals surface area contributed by atoms with Gasteiger partial charge < -0.3 is 14.2 Å². The highest BCUT2D eigenvalue weighted by molar-refractivity contribution is 6.04. The van der Waals surface area contributed by atoms with Crippen LogP contribution in [0.2, 0.25) is 0 Å². The quantitative estimate of drug-likeness (QED) is 0.559. The normalized spacial score (nSPS) is 31.4. The lowest BCUT2D eigenvalue weighted by Crippen LogP contribution is -2.48. The van der Waals surface area contributed by atoms with Crippen LogP contribution in [-0.2, 0) is 23.8 Å². The smallest absolute Gasteiger partial charge is 0.322 e. The van der Waals surface area contributed by atoms with Gasteiger partial charge in [-0.2, -0.15) is 0 Å². The number of esters is 1. The molecule has 0 N–H and O–H groups in total. The first-order valence-corrected chi connectivity index (χ1v) is 7.09. The highest BCUT2D eigenvalue weighted by Gasteiger charge is 2.48. The topological polar surface area (TPSA) is 61.8 Å². The zero-order valence-electron chi connectivity index (χ0n) is 11.5. The van der Waals surface area contributed by atoms with E-state index in [2.05, 4.69) is 0 Å². The molecule has 2 unspecified atom stereocenters. The maximum absolute atomic E-state index is 12.2. The van der Waals surface area contributed by atoms with Crippen molar-refractivity contribution in [2.24, 2.45) is 5.41 Å². The van der Waals surface area contributed by atoms with Gasteiger partial charge in [0.05, 0.1) is 25.9 Å². The summed E-state index contributed by atoms with van der Waals surface area (Å²) in [4.78, 5) is 24.4. The van der Waals surface area contributed by atoms with E-state index in [1.807, 2.05) is 0 Å². The van der Waals surface area contributed by atoms with E-state index < -0.39 is 11.4 Å². The number of ether oxygens (including phenoxy) is 3. The average Bonchev–Trinajstić information content (AvgIpc) is 2.91. The number of carbonyl (C=O) groups excluding carboxylic acids is 2. The van der Waals surface area contributed by atoms with Crippen LogP contribution < -0.4 is 0 Å². The van der Waals surface area contributed by atoms with Crippen molar-refractivity contribution in [3.8, 4) is 0 Å². The zero-order chi connectivity index (χ0) is 13.7. The summed E-state index contributed by atoms with van der Waals surface area (Å²) in [6.45, 7) is 3.37. The first-order chi connectivity index (χ1) is 9.19. The summed E-state index contributed by atoms with van der Waals surface area (Å²) in [7, 11) is 0. The van der Waals surface area contributed by atoms with Crippen molar-refractivity contribution in [1.29, 1.82) is 0 Å². The van der Waals surface area contributed by atoms with Crippen LogP contribution >= 0.6 is 0 Å². The van der Waals surface area contributed by atoms with E-state index in [0.29, 0.717) is 25.9 Å². The van der Waals surface area contributed by atoms with Gasteiger partial charge in [-0.05, 0) is 32.6 Å². The molecule has 2 heterocycles. The molecule has 2 fully saturated rings. The molecule has 5 nitrogen and oxygen atoms in total. The molecule has 5 heteroatoms. The predicted octanol–water partition coefficient (Wildman–Crippen LogP) is 1.48. The van der Waals surface area contributed by atoms with Gasteiger partial charge in [-0.3, -0.25) is 9.59 Å². The van der Waals surface area contributed by atoms with Crippen LogP contribution in [0.3, 0.4) is 0 Å². The van der Waals surface area contributed by atoms with Gasteiger partial charge in [-0.25, -0.2) is 0 Å². The van der Waals surface area contributed by atoms with Crippen LogP contribution in [0.1, 0.15) is 39.0 Å². The Morgan fingerprint density at radius 2 is 2.32 bits per heavy atom. The van der Waals surface area contributed by atoms with Gasteiger partial charge in [-0.15, -0.1) is 0 Å². The molecule has 108 valence electrons. The van der Waals surface area contributed by atoms with E-state index in [4.69, 9.17) is 14.2 Å². The second-order valence-corrected chi connectivity index (χ2v) is 5.20. The molecular formula is C14H22O5. The molecule has 0 aromatic heterocycles. The van der Waals surface area contributed by atoms with Crippen LogP contribution in [0.15, 0.2) is 0 Å². The zero-order valence-corrected chi connectivity index (χ0v) is 11.5. The molecule has 0 aromatic carbocycles. The largest absolute Gasteiger partial charge is 0.465 e. The van der Waals surface area contributed by atoms with Gasteiger partial charge in [0.2, 0.25) is 0 Å². The highest BCUT2D eigenvalue weighted by atomic mass is 16.5. The van der Waals surface area contributed by atoms with Crippen molar-refractivity contribution in [2.75, 3.05) is 26.4 Å². The first kappa shape index (κ1) is 14.5. The average molecular weight is 270 g/mol. The Hall–Kier alpha value is -0.940. The van der Waals surface area contributed by atoms with Crippen molar-refractivity contribution in [3.63, 3.8) is 0 Å². The molecular weight excluding hydrogens is 248 g/mol. The van der Waals surface area contributed by atoms with Gasteiger partial charge in [0, 0.05) is 13.0 Å². The van der Waals surface area contributed by atoms with Gasteiger partial charge >= 0.3 is 5.97 Å². The van der Waals surface area contributed by atoms with Crippen molar-refractivity contribution in [1.82, 2.24) is 0 Å². The summed E-state index contributed by atoms with van der Waals surface area (Å²) in [5.74, 6) is -0.479. The lowest BCUT2D eigenvalue weighted by atomic mass is 9.76. The summed E-state index contributed by atoms with van der Waals surface area (Å²) >= 11 is 0. The molecule has 0 aliphatic carbocycles. The number of ketones is 1. The third kappa shape index (κ3) is 3.15. The van der Waals surface area contributed by atoms with Crippen LogP contribution in [0, 0.1) is 5.41 Å². The highest BCUT2D eigenvalue weighted by Crippen LogP contribution is 2.34. The summed E-state index contributed by atoms with van der Waals surface area (Å²) in [5, 5.41) is 0. The van der Waals surface area contributed by atoms with Gasteiger partial charge in [-0.1, -0.05) is 0 Å². The van der Waals surface area contributed by atoms with Crippen LogP contribution in [0.5, 0.6) is 0 Å². The molecule has 0 amide bonds. The Bertz CT molecular complexity index is 335. The van der Waals surface area contributed by atoms with Gasteiger partial charge in [0.15, 0.2) is 5.78 Å². The molecule has 0 bridgehead atoms. The fourth-order valence-corrected chi connectivity index (χ4v) is 2.77. The lowest BCUT2D eigenvalue weighted by Gasteiger charge is -2.33. The van der Waals surface area contributed by atoms with Crippen molar-refractivity contribution in [3.05, 3.63) is 0 Å². The minimum Gasteiger partial charge on any atom is -0.465 e. The summed E-state index contributed by atoms with van der Waals surface area (Å²) in [6.07, 6.45) is 3.71. The molecule has 0 aromatic rings. The number of rotatable bonds is 5. The van der Waals surface area contributed by atoms with Gasteiger partial charge in [0.25, 0.3) is 0 Å². The fraction of sp³-hybridized carbons (Fsp3) is 0.857. The maximum Gasteiger partial charge on any atom is 0.322 e. The van der Waals surface area contributed by atoms with E-state index in [1.165, 1.54) is 0 Å². The Kier molecular flexibility index (Phi) is 4.93. The van der Waals surface area contributed by atoms with E-state index in [0.717, 1.165) is 19.4 Å². The summed E-state index contributed by atoms with van der Waals surface area (Å²) < 4.78 is 16.0. The van der Waals surface area contributed by atoms with Gasteiger partial charge in [0.1, 0.15) is 5.41 Å². The second kappa shape index (κ2) is 6.48. The Morgan fingerprint density at radius 1 is 1.47 bits per heavy atom. The molecule has 0 saturated carbocycles. The number of Topliss-reactive ketones (excluding diaryl/α,β-unsaturated/α-hetero) is 1. The van der Waals surface area contributed by atoms with E-state index in [9.17, 15) is 9.59 Å². The number of carbonyl (C=O) groups is 2. The van der Waals surface area contributed by atoms with Crippen molar-refractivity contribution < 1.29 is 23.8 Å². The fourth-order valence-electron chi connectivity index (χ4n) is 2.77. The van der Waals surface area contributed by atoms with E-state index in [1.54, 1.807) is 6.92 Å². The maximum atomic E-state index is 12.2. The monoisotopic (exact) mass is 270 g/mol. The third-order valence-corrected chi connectivity index (χ3v) is 3.94. The first-order valence-electron chi connectivity index (χ1n) is 7.09. The Balaban J connectivity index is 2.04. The van der Waals surface area contributed by atoms with Crippen molar-refractivity contribution >= 4 is 11.8 Å². The molecule has 0 spiro atoms. The van der Waals surface area contributed by atoms with E-state index in [-0.39, 0.29) is 25.1 Å². The van der Waals surface area contributed by atoms with Crippen molar-refractivity contribution in [2.45, 2.75) is 45.1 Å². The summed E-state index contributed by atoms with van der Waals surface area (Å²) in [6, 6.07) is 0. The molecule has 2 rings (SSSR count). The number of hydrogen-bond acceptors (Lipinski definition) is 5. The molecule has 19 heavy (non-hydrogen) atoms. The minimum atomic E-state index is -1.10. The summed E-state index contributed by atoms with van der Waals surface area (Å²) in [5.41, 5.74) is -1.10. The molecule has 2 aliphatic rings. The predicted molar refractivity (Wildman–Crippen MR) is 67.7 cm³/mol. The van der Waals surface area contributed by atoms with Crippen LogP contribution in [-0.4, -0.2) is 44.3 Å². The Morgan fingerprint density at radius 3 is 2.95 bits per heavy atom. The molecule has 2 atom stereocenters. The SMILES string of the molecule is CCOC(=O)C1(CCC2CCCO2)COCCC1=O. The molecule has 0 radical (unpaired) electrons.